The van der Waals surface area contributed by atoms with E-state index in [0.29, 0.717) is 25.8 Å². The topological polar surface area (TPSA) is 95.6 Å². The molecule has 0 aromatic heterocycles. The van der Waals surface area contributed by atoms with Crippen molar-refractivity contribution in [2.24, 2.45) is 5.92 Å². The van der Waals surface area contributed by atoms with E-state index in [9.17, 15) is 18.6 Å². The molecule has 0 radical (unpaired) electrons. The maximum Gasteiger partial charge on any atom is 0.258 e. The lowest BCUT2D eigenvalue weighted by molar-refractivity contribution is -0.139. The standard InChI is InChI=1S/C21H31N3O4S/c25-18-10-6-4-2-1-3-5-8-15-14-21(15,20(27)23-29(28)16-11-12-16)22-19(26)17-9-7-13-24(17)18/h5,8,15-17H,1-4,6-7,9-14H2,(H,22,26)(H,23,27)/b8-5-/t15?,17-,21+,29?/m0/s1. The number of nitrogens with zero attached hydrogens (tertiary/aromatic N) is 1. The van der Waals surface area contributed by atoms with Gasteiger partial charge >= 0.3 is 0 Å². The fraction of sp³-hybridized carbons (Fsp3) is 0.762. The van der Waals surface area contributed by atoms with E-state index in [-0.39, 0.29) is 28.9 Å². The van der Waals surface area contributed by atoms with Crippen LogP contribution in [-0.2, 0) is 25.4 Å². The van der Waals surface area contributed by atoms with E-state index in [4.69, 9.17) is 0 Å². The Hall–Kier alpha value is -1.70. The van der Waals surface area contributed by atoms with Crippen molar-refractivity contribution in [3.63, 3.8) is 0 Å². The Bertz CT molecular complexity index is 735. The number of fused-ring (bicyclic) bond motifs is 2. The molecule has 4 aliphatic rings. The SMILES string of the molecule is O=C1N[C@]2(C(=O)NS(=O)C3CC3)CC2/C=C\CCCCCCC(=O)N2CCC[C@@H]12. The number of rotatable bonds is 3. The first-order chi connectivity index (χ1) is 14.0. The van der Waals surface area contributed by atoms with Gasteiger partial charge in [-0.1, -0.05) is 25.0 Å². The monoisotopic (exact) mass is 421 g/mol. The lowest BCUT2D eigenvalue weighted by Crippen LogP contribution is -2.56. The number of hydrogen-bond acceptors (Lipinski definition) is 4. The molecule has 7 nitrogen and oxygen atoms in total. The number of amides is 3. The summed E-state index contributed by atoms with van der Waals surface area (Å²) in [4.78, 5) is 40.4. The summed E-state index contributed by atoms with van der Waals surface area (Å²) in [6.07, 6.45) is 13.2. The highest BCUT2D eigenvalue weighted by molar-refractivity contribution is 7.84. The molecule has 4 rings (SSSR count). The highest BCUT2D eigenvalue weighted by Crippen LogP contribution is 2.45. The Morgan fingerprint density at radius 1 is 1.14 bits per heavy atom. The quantitative estimate of drug-likeness (QED) is 0.678. The van der Waals surface area contributed by atoms with Crippen molar-refractivity contribution in [3.8, 4) is 0 Å². The number of carbonyl (C=O) groups is 3. The van der Waals surface area contributed by atoms with Gasteiger partial charge in [0, 0.05) is 18.9 Å². The molecule has 2 aliphatic carbocycles. The molecule has 0 bridgehead atoms. The molecular formula is C21H31N3O4S. The zero-order valence-corrected chi connectivity index (χ0v) is 17.7. The normalized spacial score (nSPS) is 35.4. The van der Waals surface area contributed by atoms with Gasteiger partial charge in [0.1, 0.15) is 22.6 Å². The zero-order valence-electron chi connectivity index (χ0n) is 16.9. The second kappa shape index (κ2) is 8.58. The minimum atomic E-state index is -1.38. The largest absolute Gasteiger partial charge is 0.339 e. The number of carbonyl (C=O) groups excluding carboxylic acids is 3. The van der Waals surface area contributed by atoms with E-state index >= 15 is 0 Å². The van der Waals surface area contributed by atoms with Gasteiger partial charge < -0.3 is 10.2 Å². The van der Waals surface area contributed by atoms with E-state index in [1.54, 1.807) is 4.90 Å². The molecule has 0 aromatic rings. The first-order valence-electron chi connectivity index (χ1n) is 11.0. The third-order valence-electron chi connectivity index (χ3n) is 6.54. The van der Waals surface area contributed by atoms with Crippen LogP contribution >= 0.6 is 0 Å². The fourth-order valence-electron chi connectivity index (χ4n) is 4.47. The van der Waals surface area contributed by atoms with Gasteiger partial charge in [0.05, 0.1) is 5.25 Å². The molecule has 2 unspecified atom stereocenters. The molecule has 0 spiro atoms. The summed E-state index contributed by atoms with van der Waals surface area (Å²) < 4.78 is 14.9. The minimum Gasteiger partial charge on any atom is -0.339 e. The maximum absolute atomic E-state index is 13.1. The summed E-state index contributed by atoms with van der Waals surface area (Å²) in [7, 11) is -1.38. The molecule has 3 fully saturated rings. The summed E-state index contributed by atoms with van der Waals surface area (Å²) in [5.74, 6) is -0.658. The number of nitrogens with one attached hydrogen (secondary N) is 2. The summed E-state index contributed by atoms with van der Waals surface area (Å²) in [5, 5.41) is 3.01. The maximum atomic E-state index is 13.1. The highest BCUT2D eigenvalue weighted by atomic mass is 32.2. The van der Waals surface area contributed by atoms with Crippen molar-refractivity contribution < 1.29 is 18.6 Å². The summed E-state index contributed by atoms with van der Waals surface area (Å²) in [5.41, 5.74) is -1.03. The Labute approximate surface area is 174 Å². The van der Waals surface area contributed by atoms with Crippen LogP contribution in [0, 0.1) is 5.92 Å². The van der Waals surface area contributed by atoms with E-state index in [1.165, 1.54) is 0 Å². The van der Waals surface area contributed by atoms with Crippen LogP contribution in [0.4, 0.5) is 0 Å². The third-order valence-corrected chi connectivity index (χ3v) is 8.01. The van der Waals surface area contributed by atoms with Crippen LogP contribution in [0.3, 0.4) is 0 Å². The van der Waals surface area contributed by atoms with Crippen molar-refractivity contribution in [1.82, 2.24) is 14.9 Å². The van der Waals surface area contributed by atoms with Crippen LogP contribution in [0.15, 0.2) is 12.2 Å². The molecular weight excluding hydrogens is 390 g/mol. The Balaban J connectivity index is 1.51. The smallest absolute Gasteiger partial charge is 0.258 e. The van der Waals surface area contributed by atoms with E-state index in [2.05, 4.69) is 16.1 Å². The van der Waals surface area contributed by atoms with E-state index in [0.717, 1.165) is 51.4 Å². The lowest BCUT2D eigenvalue weighted by atomic mass is 10.1. The van der Waals surface area contributed by atoms with Gasteiger partial charge in [-0.05, 0) is 51.4 Å². The molecule has 1 saturated heterocycles. The predicted molar refractivity (Wildman–Crippen MR) is 110 cm³/mol. The molecule has 4 atom stereocenters. The van der Waals surface area contributed by atoms with Crippen LogP contribution in [0.1, 0.15) is 70.6 Å². The molecule has 160 valence electrons. The second-order valence-corrected chi connectivity index (χ2v) is 10.3. The van der Waals surface area contributed by atoms with Gasteiger partial charge in [0.25, 0.3) is 5.91 Å². The molecule has 2 aliphatic heterocycles. The average Bonchev–Trinajstić information content (AvgIpc) is 3.60. The molecule has 8 heteroatoms. The van der Waals surface area contributed by atoms with Crippen LogP contribution in [0.5, 0.6) is 0 Å². The van der Waals surface area contributed by atoms with Gasteiger partial charge in [-0.3, -0.25) is 19.1 Å². The molecule has 29 heavy (non-hydrogen) atoms. The third kappa shape index (κ3) is 4.57. The first kappa shape index (κ1) is 20.6. The van der Waals surface area contributed by atoms with Gasteiger partial charge in [0.15, 0.2) is 0 Å². The van der Waals surface area contributed by atoms with Crippen molar-refractivity contribution >= 4 is 28.7 Å². The van der Waals surface area contributed by atoms with Crippen LogP contribution in [0.2, 0.25) is 0 Å². The lowest BCUT2D eigenvalue weighted by Gasteiger charge is -2.26. The minimum absolute atomic E-state index is 0.0383. The molecule has 2 heterocycles. The van der Waals surface area contributed by atoms with Gasteiger partial charge in [0.2, 0.25) is 11.8 Å². The first-order valence-corrected chi connectivity index (χ1v) is 12.2. The zero-order chi connectivity index (χ0) is 20.4. The predicted octanol–water partition coefficient (Wildman–Crippen LogP) is 1.70. The molecule has 3 amide bonds. The van der Waals surface area contributed by atoms with Crippen LogP contribution in [-0.4, -0.2) is 50.2 Å². The molecule has 2 saturated carbocycles. The van der Waals surface area contributed by atoms with Crippen molar-refractivity contribution in [1.29, 1.82) is 0 Å². The van der Waals surface area contributed by atoms with Gasteiger partial charge in [-0.15, -0.1) is 0 Å². The second-order valence-electron chi connectivity index (χ2n) is 8.83. The van der Waals surface area contributed by atoms with Gasteiger partial charge in [-0.25, -0.2) is 4.21 Å². The summed E-state index contributed by atoms with van der Waals surface area (Å²) in [6.45, 7) is 0.602. The Morgan fingerprint density at radius 3 is 2.72 bits per heavy atom. The van der Waals surface area contributed by atoms with E-state index in [1.807, 2.05) is 6.08 Å². The van der Waals surface area contributed by atoms with Crippen molar-refractivity contribution in [2.75, 3.05) is 6.54 Å². The van der Waals surface area contributed by atoms with Crippen LogP contribution in [0.25, 0.3) is 0 Å². The molecule has 0 aromatic carbocycles. The van der Waals surface area contributed by atoms with Crippen molar-refractivity contribution in [3.05, 3.63) is 12.2 Å². The Morgan fingerprint density at radius 2 is 1.93 bits per heavy atom. The van der Waals surface area contributed by atoms with Crippen molar-refractivity contribution in [2.45, 2.75) is 87.5 Å². The summed E-state index contributed by atoms with van der Waals surface area (Å²) >= 11 is 0. The molecule has 2 N–H and O–H groups in total. The average molecular weight is 422 g/mol. The fourth-order valence-corrected chi connectivity index (χ4v) is 5.56. The number of hydrogen-bond donors (Lipinski definition) is 2. The summed E-state index contributed by atoms with van der Waals surface area (Å²) in [6, 6.07) is -0.503. The van der Waals surface area contributed by atoms with E-state index < -0.39 is 22.6 Å². The van der Waals surface area contributed by atoms with Crippen LogP contribution < -0.4 is 10.0 Å². The highest BCUT2D eigenvalue weighted by Gasteiger charge is 2.61. The Kier molecular flexibility index (Phi) is 6.08. The number of allylic oxidation sites excluding steroid dienone is 1. The van der Waals surface area contributed by atoms with Gasteiger partial charge in [-0.2, -0.15) is 0 Å².